The van der Waals surface area contributed by atoms with Crippen LogP contribution in [0.1, 0.15) is 72.2 Å². The van der Waals surface area contributed by atoms with Crippen LogP contribution in [0.25, 0.3) is 0 Å². The number of esters is 1. The second-order valence-corrected chi connectivity index (χ2v) is 14.9. The molecule has 1 amide bonds. The maximum atomic E-state index is 13.8. The molecule has 0 saturated carbocycles. The van der Waals surface area contributed by atoms with Gasteiger partial charge in [0.1, 0.15) is 30.2 Å². The van der Waals surface area contributed by atoms with E-state index in [2.05, 4.69) is 27.3 Å². The fourth-order valence-electron chi connectivity index (χ4n) is 8.74. The highest BCUT2D eigenvalue weighted by atomic mass is 32.2. The number of nitrogens with one attached hydrogen (secondary N) is 1. The third kappa shape index (κ3) is 4.55. The summed E-state index contributed by atoms with van der Waals surface area (Å²) in [4.78, 5) is 31.6. The summed E-state index contributed by atoms with van der Waals surface area (Å²) in [5.41, 5.74) is 6.68. The van der Waals surface area contributed by atoms with Crippen molar-refractivity contribution in [1.29, 1.82) is 5.26 Å². The van der Waals surface area contributed by atoms with E-state index in [1.807, 2.05) is 40.0 Å². The van der Waals surface area contributed by atoms with Gasteiger partial charge in [-0.1, -0.05) is 24.3 Å². The Balaban J connectivity index is 1.32. The zero-order valence-corrected chi connectivity index (χ0v) is 28.8. The number of hydrogen-bond donors (Lipinski definition) is 3. The minimum absolute atomic E-state index is 0.0254. The number of thioether (sulfide) groups is 1. The van der Waals surface area contributed by atoms with E-state index >= 15 is 0 Å². The van der Waals surface area contributed by atoms with E-state index in [1.54, 1.807) is 19.1 Å². The zero-order chi connectivity index (χ0) is 34.5. The molecule has 2 fully saturated rings. The van der Waals surface area contributed by atoms with Crippen molar-refractivity contribution in [2.75, 3.05) is 26.2 Å². The minimum atomic E-state index is -0.983. The molecule has 7 atom stereocenters. The number of likely N-dealkylation sites (N-methyl/N-ethyl adjacent to an activating group) is 1. The minimum Gasteiger partial charge on any atom is -0.507 e. The number of nitrogens with zero attached hydrogens (tertiary/aromatic N) is 3. The zero-order valence-electron chi connectivity index (χ0n) is 27.9. The van der Waals surface area contributed by atoms with Crippen molar-refractivity contribution >= 4 is 23.6 Å². The molecule has 49 heavy (non-hydrogen) atoms. The number of carbonyl (C=O) groups is 2. The van der Waals surface area contributed by atoms with Gasteiger partial charge in [0.15, 0.2) is 11.5 Å². The summed E-state index contributed by atoms with van der Waals surface area (Å²) in [6, 6.07) is 8.58. The fourth-order valence-corrected chi connectivity index (χ4v) is 10.2. The van der Waals surface area contributed by atoms with E-state index in [-0.39, 0.29) is 48.6 Å². The first-order valence-electron chi connectivity index (χ1n) is 16.5. The maximum Gasteiger partial charge on any atom is 0.329 e. The van der Waals surface area contributed by atoms with Crippen molar-refractivity contribution < 1.29 is 34.0 Å². The number of ether oxygens (including phenoxy) is 3. The number of amides is 1. The smallest absolute Gasteiger partial charge is 0.329 e. The first-order chi connectivity index (χ1) is 23.5. The van der Waals surface area contributed by atoms with Crippen molar-refractivity contribution in [3.05, 3.63) is 80.4 Å². The third-order valence-electron chi connectivity index (χ3n) is 11.3. The van der Waals surface area contributed by atoms with Crippen LogP contribution in [0.3, 0.4) is 0 Å². The second-order valence-electron chi connectivity index (χ2n) is 13.7. The number of piperazine rings is 1. The summed E-state index contributed by atoms with van der Waals surface area (Å²) in [5.74, 6) is 0.386. The summed E-state index contributed by atoms with van der Waals surface area (Å²) < 4.78 is 18.0. The molecule has 12 heteroatoms. The lowest BCUT2D eigenvalue weighted by Gasteiger charge is -2.61. The van der Waals surface area contributed by atoms with E-state index < -0.39 is 35.4 Å². The van der Waals surface area contributed by atoms with Gasteiger partial charge in [0.05, 0.1) is 23.4 Å². The molecule has 254 valence electrons. The number of fused-ring (bicyclic) bond motifs is 10. The summed E-state index contributed by atoms with van der Waals surface area (Å²) in [7, 11) is 2.00. The summed E-state index contributed by atoms with van der Waals surface area (Å²) in [5, 5.41) is 37.1. The topological polar surface area (TPSA) is 145 Å². The van der Waals surface area contributed by atoms with Gasteiger partial charge in [-0.15, -0.1) is 11.8 Å². The van der Waals surface area contributed by atoms with Gasteiger partial charge in [-0.25, -0.2) is 4.79 Å². The van der Waals surface area contributed by atoms with Crippen LogP contribution < -0.4 is 14.8 Å². The number of hydrogen-bond acceptors (Lipinski definition) is 11. The van der Waals surface area contributed by atoms with Crippen LogP contribution in [-0.4, -0.2) is 82.3 Å². The van der Waals surface area contributed by atoms with Crippen LogP contribution in [0.2, 0.25) is 0 Å². The number of nitriles is 1. The van der Waals surface area contributed by atoms with Gasteiger partial charge in [0.25, 0.3) is 5.91 Å². The molecule has 0 spiro atoms. The molecule has 6 heterocycles. The molecule has 3 aromatic carbocycles. The average Bonchev–Trinajstić information content (AvgIpc) is 3.57. The molecule has 3 N–H and O–H groups in total. The number of carbonyl (C=O) groups excluding carboxylic acids is 2. The van der Waals surface area contributed by atoms with Crippen LogP contribution in [0.5, 0.6) is 23.0 Å². The lowest BCUT2D eigenvalue weighted by atomic mass is 9.71. The number of phenolic OH excluding ortho intramolecular Hbond substituents is 2. The molecule has 6 aliphatic heterocycles. The number of aryl methyl sites for hydroxylation is 2. The Bertz CT molecular complexity index is 1980. The lowest BCUT2D eigenvalue weighted by Crippen LogP contribution is -2.69. The molecule has 3 aromatic rings. The maximum absolute atomic E-state index is 13.8. The highest BCUT2D eigenvalue weighted by Gasteiger charge is 2.60. The summed E-state index contributed by atoms with van der Waals surface area (Å²) >= 11 is 1.42. The number of rotatable bonds is 2. The third-order valence-corrected chi connectivity index (χ3v) is 12.7. The van der Waals surface area contributed by atoms with Gasteiger partial charge in [-0.05, 0) is 69.5 Å². The molecular weight excluding hydrogens is 644 g/mol. The van der Waals surface area contributed by atoms with E-state index in [0.29, 0.717) is 40.2 Å². The van der Waals surface area contributed by atoms with Crippen LogP contribution in [0, 0.1) is 39.0 Å². The second kappa shape index (κ2) is 11.6. The molecule has 0 radical (unpaired) electrons. The van der Waals surface area contributed by atoms with Gasteiger partial charge in [-0.3, -0.25) is 14.6 Å². The Hall–Kier alpha value is -4.44. The fraction of sp³-hybridized carbons (Fsp3) is 0.432. The Morgan fingerprint density at radius 2 is 1.73 bits per heavy atom. The molecule has 0 aromatic heterocycles. The summed E-state index contributed by atoms with van der Waals surface area (Å²) in [6.45, 7) is 7.35. The quantitative estimate of drug-likeness (QED) is 0.331. The normalized spacial score (nSPS) is 28.5. The largest absolute Gasteiger partial charge is 0.507 e. The predicted octanol–water partition coefficient (Wildman–Crippen LogP) is 4.42. The molecule has 6 aliphatic rings. The van der Waals surface area contributed by atoms with Gasteiger partial charge in [0, 0.05) is 45.7 Å². The van der Waals surface area contributed by atoms with E-state index in [1.165, 1.54) is 11.8 Å². The van der Waals surface area contributed by atoms with Gasteiger partial charge >= 0.3 is 5.97 Å². The van der Waals surface area contributed by atoms with Crippen LogP contribution in [0.4, 0.5) is 0 Å². The van der Waals surface area contributed by atoms with Crippen molar-refractivity contribution in [2.45, 2.75) is 75.6 Å². The predicted molar refractivity (Wildman–Crippen MR) is 181 cm³/mol. The highest BCUT2D eigenvalue weighted by molar-refractivity contribution is 7.99. The average molecular weight is 683 g/mol. The Labute approximate surface area is 288 Å². The first-order valence-corrected chi connectivity index (χ1v) is 17.6. The monoisotopic (exact) mass is 682 g/mol. The molecule has 2 saturated heterocycles. The Morgan fingerprint density at radius 1 is 1.00 bits per heavy atom. The molecule has 4 bridgehead atoms. The number of phenols is 2. The van der Waals surface area contributed by atoms with Crippen LogP contribution in [-0.2, 0) is 16.0 Å². The first kappa shape index (κ1) is 31.8. The van der Waals surface area contributed by atoms with Gasteiger partial charge in [-0.2, -0.15) is 5.26 Å². The SMILES string of the molecule is Cc1ccccc1C(=O)N[C@H]1CS[C@@H]2c3c(O)c(C)c4c(c3[C@H](COC1=O)N1C2[C@H]2c3c(cc(C)c(C)c3O)C[C@@H]([C@@H]1C#N)N2C)OCO4. The van der Waals surface area contributed by atoms with E-state index in [4.69, 9.17) is 14.2 Å². The number of aromatic hydroxyl groups is 2. The highest BCUT2D eigenvalue weighted by Crippen LogP contribution is 2.63. The van der Waals surface area contributed by atoms with E-state index in [0.717, 1.165) is 27.8 Å². The molecule has 1 unspecified atom stereocenters. The van der Waals surface area contributed by atoms with Gasteiger partial charge in [0.2, 0.25) is 6.79 Å². The van der Waals surface area contributed by atoms with Gasteiger partial charge < -0.3 is 29.7 Å². The van der Waals surface area contributed by atoms with Crippen molar-refractivity contribution in [2.24, 2.45) is 0 Å². The van der Waals surface area contributed by atoms with Crippen molar-refractivity contribution in [3.8, 4) is 29.1 Å². The van der Waals surface area contributed by atoms with Crippen molar-refractivity contribution in [1.82, 2.24) is 15.1 Å². The Morgan fingerprint density at radius 3 is 2.49 bits per heavy atom. The number of benzene rings is 3. The lowest BCUT2D eigenvalue weighted by molar-refractivity contribution is -0.151. The molecular formula is C37H38N4O7S. The van der Waals surface area contributed by atoms with E-state index in [9.17, 15) is 25.1 Å². The molecule has 9 rings (SSSR count). The molecule has 11 nitrogen and oxygen atoms in total. The van der Waals surface area contributed by atoms with Crippen LogP contribution in [0.15, 0.2) is 30.3 Å². The van der Waals surface area contributed by atoms with Crippen LogP contribution >= 0.6 is 11.8 Å². The molecule has 0 aliphatic carbocycles. The summed E-state index contributed by atoms with van der Waals surface area (Å²) in [6.07, 6.45) is 0.555. The van der Waals surface area contributed by atoms with Crippen molar-refractivity contribution in [3.63, 3.8) is 0 Å². The Kier molecular flexibility index (Phi) is 7.51. The standard InChI is InChI=1S/C37H38N4O7S/c1-16-8-6-7-9-21(16)36(44)39-22-14-49-35-28-27(34-33(47-15-48-34)19(4)32(28)43)25(13-46-37(22)45)41-24(12-38)23-11-20-10-17(2)18(3)31(42)26(20)29(30(35)41)40(23)5/h6-10,22-25,29-30,35,42-43H,11,13-15H2,1-5H3,(H,39,44)/t22-,23-,24-,25-,29+,30?,35+/m0/s1.